The number of alkyl carbamates (subject to hydrolysis) is 1. The Bertz CT molecular complexity index is 1140. The summed E-state index contributed by atoms with van der Waals surface area (Å²) in [6.45, 7) is 4.26. The SMILES string of the molecule is CC#CCC(NC(=O)OCC1c2ccccc2-c2ccccc21)C(=O)N1CCC(C)C(C(=O)O)C1. The van der Waals surface area contributed by atoms with Gasteiger partial charge < -0.3 is 20.1 Å². The molecule has 7 nitrogen and oxygen atoms in total. The summed E-state index contributed by atoms with van der Waals surface area (Å²) in [4.78, 5) is 39.1. The summed E-state index contributed by atoms with van der Waals surface area (Å²) in [5.41, 5.74) is 4.48. The second-order valence-corrected chi connectivity index (χ2v) is 9.15. The van der Waals surface area contributed by atoms with Crippen LogP contribution in [-0.4, -0.2) is 53.7 Å². The Labute approximate surface area is 205 Å². The molecule has 1 fully saturated rings. The molecule has 0 spiro atoms. The molecule has 0 aromatic heterocycles. The summed E-state index contributed by atoms with van der Waals surface area (Å²) in [7, 11) is 0. The Kier molecular flexibility index (Phi) is 7.40. The van der Waals surface area contributed by atoms with E-state index in [0.717, 1.165) is 22.3 Å². The number of carbonyl (C=O) groups excluding carboxylic acids is 2. The summed E-state index contributed by atoms with van der Waals surface area (Å²) >= 11 is 0. The van der Waals surface area contributed by atoms with Crippen molar-refractivity contribution in [3.05, 3.63) is 59.7 Å². The second-order valence-electron chi connectivity index (χ2n) is 9.15. The van der Waals surface area contributed by atoms with Crippen LogP contribution in [0, 0.1) is 23.7 Å². The molecule has 3 atom stereocenters. The molecule has 0 radical (unpaired) electrons. The molecule has 182 valence electrons. The second kappa shape index (κ2) is 10.6. The number of likely N-dealkylation sites (tertiary alicyclic amines) is 1. The lowest BCUT2D eigenvalue weighted by Gasteiger charge is -2.36. The Balaban J connectivity index is 1.43. The van der Waals surface area contributed by atoms with Crippen LogP contribution >= 0.6 is 0 Å². The third kappa shape index (κ3) is 5.17. The predicted octanol–water partition coefficient (Wildman–Crippen LogP) is 3.88. The van der Waals surface area contributed by atoms with Crippen molar-refractivity contribution in [2.24, 2.45) is 11.8 Å². The number of piperidine rings is 1. The number of nitrogens with one attached hydrogen (secondary N) is 1. The zero-order valence-electron chi connectivity index (χ0n) is 20.0. The first-order chi connectivity index (χ1) is 16.9. The van der Waals surface area contributed by atoms with Gasteiger partial charge in [0.25, 0.3) is 0 Å². The van der Waals surface area contributed by atoms with Crippen molar-refractivity contribution >= 4 is 18.0 Å². The topological polar surface area (TPSA) is 95.9 Å². The number of ether oxygens (including phenoxy) is 1. The fourth-order valence-corrected chi connectivity index (χ4v) is 5.00. The largest absolute Gasteiger partial charge is 0.481 e. The fourth-order valence-electron chi connectivity index (χ4n) is 5.00. The third-order valence-corrected chi connectivity index (χ3v) is 7.00. The zero-order valence-corrected chi connectivity index (χ0v) is 20.0. The van der Waals surface area contributed by atoms with Crippen LogP contribution in [0.2, 0.25) is 0 Å². The van der Waals surface area contributed by atoms with Crippen molar-refractivity contribution in [3.8, 4) is 23.0 Å². The van der Waals surface area contributed by atoms with Crippen LogP contribution in [0.25, 0.3) is 11.1 Å². The Morgan fingerprint density at radius 1 is 1.11 bits per heavy atom. The van der Waals surface area contributed by atoms with Gasteiger partial charge >= 0.3 is 12.1 Å². The lowest BCUT2D eigenvalue weighted by molar-refractivity contribution is -0.148. The maximum atomic E-state index is 13.2. The lowest BCUT2D eigenvalue weighted by Crippen LogP contribution is -2.53. The molecule has 3 unspecified atom stereocenters. The van der Waals surface area contributed by atoms with Crippen molar-refractivity contribution in [1.29, 1.82) is 0 Å². The number of rotatable bonds is 6. The predicted molar refractivity (Wildman–Crippen MR) is 132 cm³/mol. The van der Waals surface area contributed by atoms with E-state index >= 15 is 0 Å². The van der Waals surface area contributed by atoms with Crippen molar-refractivity contribution < 1.29 is 24.2 Å². The quantitative estimate of drug-likeness (QED) is 0.620. The number of hydrogen-bond acceptors (Lipinski definition) is 4. The average Bonchev–Trinajstić information content (AvgIpc) is 3.18. The standard InChI is InChI=1S/C28H30N2O5/c1-3-4-13-25(26(31)30-15-14-18(2)23(16-30)27(32)33)29-28(34)35-17-24-21-11-7-5-9-19(21)20-10-6-8-12-22(20)24/h5-12,18,23-25H,13-17H2,1-2H3,(H,29,34)(H,32,33). The van der Waals surface area contributed by atoms with Gasteiger partial charge in [0.2, 0.25) is 5.91 Å². The van der Waals surface area contributed by atoms with E-state index < -0.39 is 24.0 Å². The van der Waals surface area contributed by atoms with Crippen LogP contribution in [-0.2, 0) is 14.3 Å². The van der Waals surface area contributed by atoms with E-state index in [9.17, 15) is 19.5 Å². The van der Waals surface area contributed by atoms with Crippen molar-refractivity contribution in [2.45, 2.75) is 38.6 Å². The van der Waals surface area contributed by atoms with Crippen LogP contribution in [0.4, 0.5) is 4.79 Å². The molecular formula is C28H30N2O5. The van der Waals surface area contributed by atoms with E-state index in [-0.39, 0.29) is 37.3 Å². The normalized spacial score (nSPS) is 19.5. The lowest BCUT2D eigenvalue weighted by atomic mass is 9.87. The number of carboxylic acid groups (broad SMARTS) is 1. The minimum Gasteiger partial charge on any atom is -0.481 e. The molecule has 1 aliphatic carbocycles. The highest BCUT2D eigenvalue weighted by Crippen LogP contribution is 2.44. The zero-order chi connectivity index (χ0) is 24.9. The smallest absolute Gasteiger partial charge is 0.407 e. The molecule has 4 rings (SSSR count). The van der Waals surface area contributed by atoms with Crippen LogP contribution in [0.15, 0.2) is 48.5 Å². The van der Waals surface area contributed by atoms with Gasteiger partial charge in [-0.2, -0.15) is 0 Å². The maximum Gasteiger partial charge on any atom is 0.407 e. The van der Waals surface area contributed by atoms with E-state index in [0.29, 0.717) is 13.0 Å². The minimum atomic E-state index is -0.913. The number of carbonyl (C=O) groups is 3. The number of benzene rings is 2. The maximum absolute atomic E-state index is 13.2. The third-order valence-electron chi connectivity index (χ3n) is 7.00. The molecule has 35 heavy (non-hydrogen) atoms. The van der Waals surface area contributed by atoms with Gasteiger partial charge in [0, 0.05) is 25.4 Å². The van der Waals surface area contributed by atoms with Gasteiger partial charge in [0.1, 0.15) is 12.6 Å². The molecule has 1 saturated heterocycles. The van der Waals surface area contributed by atoms with Crippen molar-refractivity contribution in [2.75, 3.05) is 19.7 Å². The van der Waals surface area contributed by atoms with Crippen LogP contribution in [0.1, 0.15) is 43.7 Å². The van der Waals surface area contributed by atoms with Gasteiger partial charge in [-0.25, -0.2) is 4.79 Å². The number of nitrogens with zero attached hydrogens (tertiary/aromatic N) is 1. The number of carboxylic acids is 1. The molecule has 0 saturated carbocycles. The van der Waals surface area contributed by atoms with Crippen LogP contribution < -0.4 is 5.32 Å². The molecule has 2 aliphatic rings. The summed E-state index contributed by atoms with van der Waals surface area (Å²) in [6, 6.07) is 15.2. The first-order valence-corrected chi connectivity index (χ1v) is 11.9. The summed E-state index contributed by atoms with van der Waals surface area (Å²) in [5.74, 6) is 3.64. The Hall–Kier alpha value is -3.79. The molecule has 2 N–H and O–H groups in total. The fraction of sp³-hybridized carbons (Fsp3) is 0.393. The first kappa shape index (κ1) is 24.3. The molecular weight excluding hydrogens is 444 g/mol. The summed E-state index contributed by atoms with van der Waals surface area (Å²) in [5, 5.41) is 12.2. The highest BCUT2D eigenvalue weighted by molar-refractivity contribution is 5.87. The van der Waals surface area contributed by atoms with Gasteiger partial charge in [-0.05, 0) is 41.5 Å². The number of amides is 2. The average molecular weight is 475 g/mol. The summed E-state index contributed by atoms with van der Waals surface area (Å²) in [6.07, 6.45) is 0.0339. The van der Waals surface area contributed by atoms with E-state index in [4.69, 9.17) is 4.74 Å². The van der Waals surface area contributed by atoms with Crippen molar-refractivity contribution in [1.82, 2.24) is 10.2 Å². The monoisotopic (exact) mass is 474 g/mol. The Morgan fingerprint density at radius 3 is 2.34 bits per heavy atom. The minimum absolute atomic E-state index is 0.0134. The van der Waals surface area contributed by atoms with E-state index in [2.05, 4.69) is 29.3 Å². The van der Waals surface area contributed by atoms with E-state index in [1.807, 2.05) is 43.3 Å². The van der Waals surface area contributed by atoms with Gasteiger partial charge in [-0.3, -0.25) is 9.59 Å². The van der Waals surface area contributed by atoms with E-state index in [1.165, 1.54) is 4.90 Å². The van der Waals surface area contributed by atoms with Crippen LogP contribution in [0.5, 0.6) is 0 Å². The number of hydrogen-bond donors (Lipinski definition) is 2. The van der Waals surface area contributed by atoms with Gasteiger partial charge in [0.15, 0.2) is 0 Å². The molecule has 0 bridgehead atoms. The summed E-state index contributed by atoms with van der Waals surface area (Å²) < 4.78 is 5.60. The highest BCUT2D eigenvalue weighted by Gasteiger charge is 2.36. The number of aliphatic carboxylic acids is 1. The molecule has 1 aliphatic heterocycles. The van der Waals surface area contributed by atoms with Crippen molar-refractivity contribution in [3.63, 3.8) is 0 Å². The van der Waals surface area contributed by atoms with Gasteiger partial charge in [-0.15, -0.1) is 11.8 Å². The Morgan fingerprint density at radius 2 is 1.74 bits per heavy atom. The highest BCUT2D eigenvalue weighted by atomic mass is 16.5. The number of fused-ring (bicyclic) bond motifs is 3. The van der Waals surface area contributed by atoms with Gasteiger partial charge in [0.05, 0.1) is 5.92 Å². The molecule has 2 aromatic carbocycles. The van der Waals surface area contributed by atoms with Crippen LogP contribution in [0.3, 0.4) is 0 Å². The van der Waals surface area contributed by atoms with E-state index in [1.54, 1.807) is 6.92 Å². The molecule has 1 heterocycles. The molecule has 2 aromatic rings. The first-order valence-electron chi connectivity index (χ1n) is 11.9. The van der Waals surface area contributed by atoms with Gasteiger partial charge in [-0.1, -0.05) is 55.5 Å². The molecule has 2 amide bonds. The molecule has 7 heteroatoms.